The summed E-state index contributed by atoms with van der Waals surface area (Å²) in [7, 11) is 3.15. The van der Waals surface area contributed by atoms with Gasteiger partial charge in [0.1, 0.15) is 0 Å². The zero-order chi connectivity index (χ0) is 23.7. The molecule has 32 heavy (non-hydrogen) atoms. The van der Waals surface area contributed by atoms with Crippen molar-refractivity contribution in [2.75, 3.05) is 26.1 Å². The fourth-order valence-corrected chi connectivity index (χ4v) is 3.93. The van der Waals surface area contributed by atoms with Crippen molar-refractivity contribution in [3.05, 3.63) is 53.1 Å². The second-order valence-corrected chi connectivity index (χ2v) is 8.58. The zero-order valence-corrected chi connectivity index (χ0v) is 20.2. The Balaban J connectivity index is 2.45. The van der Waals surface area contributed by atoms with E-state index in [2.05, 4.69) is 39.1 Å². The van der Waals surface area contributed by atoms with Crippen LogP contribution in [-0.2, 0) is 0 Å². The largest absolute Gasteiger partial charge is 0.493 e. The smallest absolute Gasteiger partial charge is 0.195 e. The SMILES string of the molecule is CCC(CC)(CCC#N)CNc1cc(OC)c(OC)cc1C(=O)c1ccc(C(C)C)cc1. The molecule has 0 spiro atoms. The molecule has 0 bridgehead atoms. The second kappa shape index (κ2) is 11.6. The van der Waals surface area contributed by atoms with Crippen molar-refractivity contribution in [2.45, 2.75) is 59.3 Å². The van der Waals surface area contributed by atoms with Crippen LogP contribution in [0.2, 0.25) is 0 Å². The first kappa shape index (κ1) is 25.3. The van der Waals surface area contributed by atoms with Crippen molar-refractivity contribution in [3.8, 4) is 17.6 Å². The molecule has 0 aromatic heterocycles. The Morgan fingerprint density at radius 3 is 2.16 bits per heavy atom. The van der Waals surface area contributed by atoms with Crippen LogP contribution in [-0.4, -0.2) is 26.5 Å². The topological polar surface area (TPSA) is 71.3 Å². The van der Waals surface area contributed by atoms with E-state index in [1.807, 2.05) is 30.3 Å². The number of nitrogens with one attached hydrogen (secondary N) is 1. The zero-order valence-electron chi connectivity index (χ0n) is 20.2. The number of hydrogen-bond acceptors (Lipinski definition) is 5. The number of carbonyl (C=O) groups is 1. The average Bonchev–Trinajstić information content (AvgIpc) is 2.83. The second-order valence-electron chi connectivity index (χ2n) is 8.58. The van der Waals surface area contributed by atoms with Crippen LogP contribution in [0.3, 0.4) is 0 Å². The van der Waals surface area contributed by atoms with Crippen LogP contribution in [0.25, 0.3) is 0 Å². The van der Waals surface area contributed by atoms with Crippen molar-refractivity contribution in [3.63, 3.8) is 0 Å². The van der Waals surface area contributed by atoms with Crippen molar-refractivity contribution in [1.82, 2.24) is 0 Å². The summed E-state index contributed by atoms with van der Waals surface area (Å²) in [5.41, 5.74) is 3.07. The molecule has 0 atom stereocenters. The Morgan fingerprint density at radius 1 is 1.06 bits per heavy atom. The van der Waals surface area contributed by atoms with Gasteiger partial charge in [-0.25, -0.2) is 0 Å². The van der Waals surface area contributed by atoms with Crippen molar-refractivity contribution in [1.29, 1.82) is 5.26 Å². The monoisotopic (exact) mass is 436 g/mol. The van der Waals surface area contributed by atoms with Gasteiger partial charge in [0.2, 0.25) is 0 Å². The molecule has 2 aromatic carbocycles. The van der Waals surface area contributed by atoms with Gasteiger partial charge in [-0.05, 0) is 42.2 Å². The quantitative estimate of drug-likeness (QED) is 0.381. The molecular formula is C27H36N2O3. The van der Waals surface area contributed by atoms with Gasteiger partial charge in [-0.2, -0.15) is 5.26 Å². The molecule has 5 nitrogen and oxygen atoms in total. The van der Waals surface area contributed by atoms with Gasteiger partial charge < -0.3 is 14.8 Å². The number of ether oxygens (including phenoxy) is 2. The first-order valence-corrected chi connectivity index (χ1v) is 11.4. The lowest BCUT2D eigenvalue weighted by Crippen LogP contribution is -2.29. The maximum atomic E-state index is 13.5. The number of nitriles is 1. The van der Waals surface area contributed by atoms with Gasteiger partial charge in [0.15, 0.2) is 17.3 Å². The Bertz CT molecular complexity index is 939. The van der Waals surface area contributed by atoms with E-state index in [0.717, 1.165) is 19.3 Å². The molecule has 0 aliphatic carbocycles. The molecule has 0 aliphatic heterocycles. The number of rotatable bonds is 12. The molecule has 2 rings (SSSR count). The van der Waals surface area contributed by atoms with Crippen LogP contribution in [0, 0.1) is 16.7 Å². The minimum absolute atomic E-state index is 0.0118. The fraction of sp³-hybridized carbons (Fsp3) is 0.481. The molecule has 5 heteroatoms. The van der Waals surface area contributed by atoms with Crippen LogP contribution in [0.1, 0.15) is 80.8 Å². The van der Waals surface area contributed by atoms with Gasteiger partial charge in [-0.15, -0.1) is 0 Å². The molecule has 0 amide bonds. The normalized spacial score (nSPS) is 11.2. The predicted molar refractivity (Wildman–Crippen MR) is 130 cm³/mol. The van der Waals surface area contributed by atoms with Crippen LogP contribution < -0.4 is 14.8 Å². The van der Waals surface area contributed by atoms with Crippen LogP contribution in [0.4, 0.5) is 5.69 Å². The third-order valence-corrected chi connectivity index (χ3v) is 6.53. The lowest BCUT2D eigenvalue weighted by Gasteiger charge is -2.32. The first-order valence-electron chi connectivity index (χ1n) is 11.4. The van der Waals surface area contributed by atoms with Gasteiger partial charge in [-0.3, -0.25) is 4.79 Å². The molecule has 0 saturated heterocycles. The van der Waals surface area contributed by atoms with Gasteiger partial charge in [0, 0.05) is 35.8 Å². The average molecular weight is 437 g/mol. The standard InChI is InChI=1S/C27H36N2O3/c1-7-27(8-2,14-9-15-28)18-29-23-17-25(32-6)24(31-5)16-22(23)26(30)21-12-10-20(11-13-21)19(3)4/h10-13,16-17,19,29H,7-9,14,18H2,1-6H3. The minimum Gasteiger partial charge on any atom is -0.493 e. The Morgan fingerprint density at radius 2 is 1.66 bits per heavy atom. The van der Waals surface area contributed by atoms with E-state index in [9.17, 15) is 4.79 Å². The summed E-state index contributed by atoms with van der Waals surface area (Å²) in [5, 5.41) is 12.6. The molecule has 0 heterocycles. The van der Waals surface area contributed by atoms with E-state index < -0.39 is 0 Å². The number of benzene rings is 2. The first-order chi connectivity index (χ1) is 15.3. The number of carbonyl (C=O) groups excluding carboxylic acids is 1. The highest BCUT2D eigenvalue weighted by Gasteiger charge is 2.27. The number of methoxy groups -OCH3 is 2. The molecular weight excluding hydrogens is 400 g/mol. The highest BCUT2D eigenvalue weighted by molar-refractivity contribution is 6.12. The van der Waals surface area contributed by atoms with Crippen molar-refractivity contribution < 1.29 is 14.3 Å². The van der Waals surface area contributed by atoms with E-state index in [-0.39, 0.29) is 11.2 Å². The number of anilines is 1. The summed E-state index contributed by atoms with van der Waals surface area (Å²) in [4.78, 5) is 13.5. The third-order valence-electron chi connectivity index (χ3n) is 6.53. The van der Waals surface area contributed by atoms with Crippen LogP contribution in [0.5, 0.6) is 11.5 Å². The van der Waals surface area contributed by atoms with Gasteiger partial charge in [-0.1, -0.05) is 52.0 Å². The minimum atomic E-state index is -0.0700. The predicted octanol–water partition coefficient (Wildman–Crippen LogP) is 6.58. The summed E-state index contributed by atoms with van der Waals surface area (Å²) >= 11 is 0. The van der Waals surface area contributed by atoms with Crippen LogP contribution in [0.15, 0.2) is 36.4 Å². The Labute approximate surface area is 192 Å². The molecule has 0 aliphatic rings. The van der Waals surface area contributed by atoms with Crippen molar-refractivity contribution in [2.24, 2.45) is 5.41 Å². The summed E-state index contributed by atoms with van der Waals surface area (Å²) < 4.78 is 11.0. The molecule has 0 unspecified atom stereocenters. The molecule has 0 radical (unpaired) electrons. The molecule has 0 saturated carbocycles. The lowest BCUT2D eigenvalue weighted by molar-refractivity contribution is 0.103. The molecule has 172 valence electrons. The highest BCUT2D eigenvalue weighted by atomic mass is 16.5. The number of ketones is 1. The van der Waals surface area contributed by atoms with E-state index in [1.165, 1.54) is 5.56 Å². The van der Waals surface area contributed by atoms with Gasteiger partial charge in [0.25, 0.3) is 0 Å². The van der Waals surface area contributed by atoms with E-state index >= 15 is 0 Å². The van der Waals surface area contributed by atoms with E-state index in [4.69, 9.17) is 14.7 Å². The van der Waals surface area contributed by atoms with E-state index in [1.54, 1.807) is 20.3 Å². The highest BCUT2D eigenvalue weighted by Crippen LogP contribution is 2.37. The van der Waals surface area contributed by atoms with Gasteiger partial charge in [0.05, 0.1) is 20.3 Å². The maximum absolute atomic E-state index is 13.5. The maximum Gasteiger partial charge on any atom is 0.195 e. The summed E-state index contributed by atoms with van der Waals surface area (Å²) in [5.74, 6) is 1.42. The fourth-order valence-electron chi connectivity index (χ4n) is 3.93. The lowest BCUT2D eigenvalue weighted by atomic mass is 9.78. The Kier molecular flexibility index (Phi) is 9.13. The molecule has 1 N–H and O–H groups in total. The number of nitrogens with zero attached hydrogens (tertiary/aromatic N) is 1. The molecule has 0 fully saturated rings. The molecule has 2 aromatic rings. The van der Waals surface area contributed by atoms with E-state index in [0.29, 0.717) is 47.2 Å². The summed E-state index contributed by atoms with van der Waals surface area (Å²) in [6.07, 6.45) is 3.23. The van der Waals surface area contributed by atoms with Gasteiger partial charge >= 0.3 is 0 Å². The third kappa shape index (κ3) is 5.82. The summed E-state index contributed by atoms with van der Waals surface area (Å²) in [6.45, 7) is 9.24. The number of hydrogen-bond donors (Lipinski definition) is 1. The van der Waals surface area contributed by atoms with Crippen LogP contribution >= 0.6 is 0 Å². The Hall–Kier alpha value is -3.00. The van der Waals surface area contributed by atoms with Crippen molar-refractivity contribution >= 4 is 11.5 Å². The summed E-state index contributed by atoms with van der Waals surface area (Å²) in [6, 6.07) is 13.6.